The molecule has 0 aromatic heterocycles. The Morgan fingerprint density at radius 1 is 1.40 bits per heavy atom. The third-order valence-electron chi connectivity index (χ3n) is 2.46. The summed E-state index contributed by atoms with van der Waals surface area (Å²) in [6, 6.07) is 0.357. The zero-order valence-electron chi connectivity index (χ0n) is 9.09. The van der Waals surface area contributed by atoms with Gasteiger partial charge >= 0.3 is 0 Å². The minimum Gasteiger partial charge on any atom is -0.389 e. The van der Waals surface area contributed by atoms with E-state index in [4.69, 9.17) is 10.5 Å². The van der Waals surface area contributed by atoms with E-state index in [9.17, 15) is 5.11 Å². The number of piperidine rings is 1. The van der Waals surface area contributed by atoms with Crippen LogP contribution in [0.2, 0.25) is 0 Å². The van der Waals surface area contributed by atoms with Crippen LogP contribution in [-0.4, -0.2) is 55.5 Å². The topological polar surface area (TPSA) is 58.7 Å². The standard InChI is InChI=1S/C9H20N2O2.2ClH/c1-13-7-9(12)6-11-4-2-8(10)3-5-11;;/h8-9,12H,2-7,10H2,1H3;2*1H/t9-;;/m0../s1. The second-order valence-electron chi connectivity index (χ2n) is 3.75. The van der Waals surface area contributed by atoms with Crippen LogP contribution in [0.25, 0.3) is 0 Å². The summed E-state index contributed by atoms with van der Waals surface area (Å²) in [4.78, 5) is 2.24. The van der Waals surface area contributed by atoms with Gasteiger partial charge in [-0.25, -0.2) is 0 Å². The predicted octanol–water partition coefficient (Wildman–Crippen LogP) is 0.260. The maximum Gasteiger partial charge on any atom is 0.0900 e. The number of halogens is 2. The molecule has 0 aromatic rings. The number of nitrogens with two attached hydrogens (primary N) is 1. The molecule has 1 aliphatic heterocycles. The van der Waals surface area contributed by atoms with Crippen molar-refractivity contribution in [2.75, 3.05) is 33.4 Å². The van der Waals surface area contributed by atoms with Gasteiger partial charge in [0.25, 0.3) is 0 Å². The average Bonchev–Trinajstić information content (AvgIpc) is 2.09. The van der Waals surface area contributed by atoms with Crippen molar-refractivity contribution in [1.29, 1.82) is 0 Å². The molecule has 0 bridgehead atoms. The molecule has 0 amide bonds. The molecule has 1 aliphatic rings. The highest BCUT2D eigenvalue weighted by molar-refractivity contribution is 5.85. The molecule has 0 aliphatic carbocycles. The smallest absolute Gasteiger partial charge is 0.0900 e. The zero-order chi connectivity index (χ0) is 9.68. The normalized spacial score (nSPS) is 20.2. The van der Waals surface area contributed by atoms with Gasteiger partial charge in [0.2, 0.25) is 0 Å². The van der Waals surface area contributed by atoms with Crippen LogP contribution in [0.3, 0.4) is 0 Å². The molecule has 0 unspecified atom stereocenters. The molecule has 4 nitrogen and oxygen atoms in total. The van der Waals surface area contributed by atoms with E-state index in [1.54, 1.807) is 7.11 Å². The van der Waals surface area contributed by atoms with Crippen molar-refractivity contribution < 1.29 is 9.84 Å². The lowest BCUT2D eigenvalue weighted by Crippen LogP contribution is -2.43. The first-order chi connectivity index (χ1) is 6.22. The van der Waals surface area contributed by atoms with E-state index in [0.717, 1.165) is 25.9 Å². The van der Waals surface area contributed by atoms with Gasteiger partial charge < -0.3 is 20.5 Å². The van der Waals surface area contributed by atoms with E-state index >= 15 is 0 Å². The molecule has 0 aromatic carbocycles. The summed E-state index contributed by atoms with van der Waals surface area (Å²) in [5, 5.41) is 9.47. The van der Waals surface area contributed by atoms with E-state index in [1.165, 1.54) is 0 Å². The van der Waals surface area contributed by atoms with Gasteiger partial charge in [-0.15, -0.1) is 24.8 Å². The summed E-state index contributed by atoms with van der Waals surface area (Å²) in [5.41, 5.74) is 5.77. The summed E-state index contributed by atoms with van der Waals surface area (Å²) < 4.78 is 4.86. The van der Waals surface area contributed by atoms with E-state index in [2.05, 4.69) is 4.90 Å². The first-order valence-corrected chi connectivity index (χ1v) is 4.87. The minimum atomic E-state index is -0.362. The monoisotopic (exact) mass is 260 g/mol. The molecular formula is C9H22Cl2N2O2. The molecule has 1 heterocycles. The second-order valence-corrected chi connectivity index (χ2v) is 3.75. The van der Waals surface area contributed by atoms with Crippen LogP contribution in [-0.2, 0) is 4.74 Å². The van der Waals surface area contributed by atoms with Crippen molar-refractivity contribution in [3.63, 3.8) is 0 Å². The first-order valence-electron chi connectivity index (χ1n) is 4.87. The third kappa shape index (κ3) is 7.33. The predicted molar refractivity (Wildman–Crippen MR) is 66.0 cm³/mol. The number of rotatable bonds is 4. The second kappa shape index (κ2) is 9.63. The number of hydrogen-bond acceptors (Lipinski definition) is 4. The number of nitrogens with zero attached hydrogens (tertiary/aromatic N) is 1. The van der Waals surface area contributed by atoms with Gasteiger partial charge in [-0.05, 0) is 25.9 Å². The summed E-state index contributed by atoms with van der Waals surface area (Å²) >= 11 is 0. The van der Waals surface area contributed by atoms with Crippen LogP contribution in [0, 0.1) is 0 Å². The van der Waals surface area contributed by atoms with Crippen LogP contribution in [0.1, 0.15) is 12.8 Å². The van der Waals surface area contributed by atoms with Crippen LogP contribution < -0.4 is 5.73 Å². The highest BCUT2D eigenvalue weighted by atomic mass is 35.5. The van der Waals surface area contributed by atoms with Crippen molar-refractivity contribution >= 4 is 24.8 Å². The Hall–Kier alpha value is 0.420. The van der Waals surface area contributed by atoms with Crippen molar-refractivity contribution in [3.8, 4) is 0 Å². The molecule has 1 rings (SSSR count). The van der Waals surface area contributed by atoms with Gasteiger partial charge in [0.1, 0.15) is 0 Å². The molecule has 3 N–H and O–H groups in total. The molecule has 15 heavy (non-hydrogen) atoms. The molecular weight excluding hydrogens is 239 g/mol. The van der Waals surface area contributed by atoms with Gasteiger partial charge in [-0.1, -0.05) is 0 Å². The molecule has 0 spiro atoms. The van der Waals surface area contributed by atoms with Crippen molar-refractivity contribution in [2.24, 2.45) is 5.73 Å². The Labute approximate surface area is 104 Å². The Bertz CT molecular complexity index is 144. The largest absolute Gasteiger partial charge is 0.389 e. The van der Waals surface area contributed by atoms with Crippen LogP contribution in [0.15, 0.2) is 0 Å². The Kier molecular flexibility index (Phi) is 11.4. The number of methoxy groups -OCH3 is 1. The van der Waals surface area contributed by atoms with E-state index < -0.39 is 0 Å². The fourth-order valence-electron chi connectivity index (χ4n) is 1.68. The molecule has 6 heteroatoms. The Balaban J connectivity index is 0. The first kappa shape index (κ1) is 17.8. The highest BCUT2D eigenvalue weighted by Gasteiger charge is 2.18. The average molecular weight is 261 g/mol. The fraction of sp³-hybridized carbons (Fsp3) is 1.00. The number of β-amino-alcohol motifs (C(OH)–C–C–N with tert-alkyl or cyclic N) is 1. The molecule has 1 saturated heterocycles. The van der Waals surface area contributed by atoms with Crippen LogP contribution >= 0.6 is 24.8 Å². The lowest BCUT2D eigenvalue weighted by molar-refractivity contribution is 0.0322. The lowest BCUT2D eigenvalue weighted by atomic mass is 10.1. The van der Waals surface area contributed by atoms with E-state index in [0.29, 0.717) is 19.2 Å². The zero-order valence-corrected chi connectivity index (χ0v) is 10.7. The summed E-state index contributed by atoms with van der Waals surface area (Å²) in [5.74, 6) is 0. The Morgan fingerprint density at radius 3 is 2.40 bits per heavy atom. The highest BCUT2D eigenvalue weighted by Crippen LogP contribution is 2.08. The summed E-state index contributed by atoms with van der Waals surface area (Å²) in [7, 11) is 1.61. The van der Waals surface area contributed by atoms with Gasteiger partial charge in [0, 0.05) is 19.7 Å². The van der Waals surface area contributed by atoms with Gasteiger partial charge in [-0.3, -0.25) is 0 Å². The number of likely N-dealkylation sites (tertiary alicyclic amines) is 1. The van der Waals surface area contributed by atoms with Gasteiger partial charge in [-0.2, -0.15) is 0 Å². The lowest BCUT2D eigenvalue weighted by Gasteiger charge is -2.31. The number of aliphatic hydroxyl groups excluding tert-OH is 1. The maximum atomic E-state index is 9.47. The summed E-state index contributed by atoms with van der Waals surface area (Å²) in [6.45, 7) is 3.13. The number of ether oxygens (including phenoxy) is 1. The summed E-state index contributed by atoms with van der Waals surface area (Å²) in [6.07, 6.45) is 1.72. The molecule has 94 valence electrons. The maximum absolute atomic E-state index is 9.47. The van der Waals surface area contributed by atoms with Gasteiger partial charge in [0.05, 0.1) is 12.7 Å². The number of hydrogen-bond donors (Lipinski definition) is 2. The third-order valence-corrected chi connectivity index (χ3v) is 2.46. The molecule has 1 fully saturated rings. The Morgan fingerprint density at radius 2 is 1.93 bits per heavy atom. The van der Waals surface area contributed by atoms with Gasteiger partial charge in [0.15, 0.2) is 0 Å². The quantitative estimate of drug-likeness (QED) is 0.762. The van der Waals surface area contributed by atoms with E-state index in [-0.39, 0.29) is 30.9 Å². The van der Waals surface area contributed by atoms with Crippen molar-refractivity contribution in [1.82, 2.24) is 4.90 Å². The van der Waals surface area contributed by atoms with Crippen molar-refractivity contribution in [3.05, 3.63) is 0 Å². The minimum absolute atomic E-state index is 0. The fourth-order valence-corrected chi connectivity index (χ4v) is 1.68. The van der Waals surface area contributed by atoms with Crippen LogP contribution in [0.4, 0.5) is 0 Å². The SMILES string of the molecule is COC[C@@H](O)CN1CCC(N)CC1.Cl.Cl. The number of aliphatic hydroxyl groups is 1. The molecule has 1 atom stereocenters. The molecule has 0 radical (unpaired) electrons. The van der Waals surface area contributed by atoms with E-state index in [1.807, 2.05) is 0 Å². The molecule has 0 saturated carbocycles. The van der Waals surface area contributed by atoms with Crippen molar-refractivity contribution in [2.45, 2.75) is 25.0 Å². The van der Waals surface area contributed by atoms with Crippen LogP contribution in [0.5, 0.6) is 0 Å².